The Hall–Kier alpha value is -2.17. The first-order valence-electron chi connectivity index (χ1n) is 7.80. The number of hydrogen-bond acceptors (Lipinski definition) is 3. The van der Waals surface area contributed by atoms with Crippen molar-refractivity contribution >= 4 is 23.2 Å². The van der Waals surface area contributed by atoms with Crippen molar-refractivity contribution in [3.05, 3.63) is 29.8 Å². The third-order valence-corrected chi connectivity index (χ3v) is 3.15. The monoisotopic (exact) mass is 303 g/mol. The zero-order valence-corrected chi connectivity index (χ0v) is 13.6. The molecule has 0 saturated heterocycles. The van der Waals surface area contributed by atoms with Crippen LogP contribution in [-0.4, -0.2) is 17.5 Å². The maximum atomic E-state index is 12.0. The first kappa shape index (κ1) is 17.9. The molecule has 2 amide bonds. The Morgan fingerprint density at radius 2 is 1.73 bits per heavy atom. The van der Waals surface area contributed by atoms with Crippen LogP contribution in [0, 0.1) is 0 Å². The standard InChI is InChI=1S/C17H25N3O2/c1-4-6-8-13(3)19-20-17(22)14-9-11-15(12-10-14)18-16(21)7-5-2/h9-12H,4-8H2,1-3H3,(H,18,21)(H,20,22)/b19-13+. The third-order valence-electron chi connectivity index (χ3n) is 3.15. The van der Waals surface area contributed by atoms with Gasteiger partial charge < -0.3 is 5.32 Å². The van der Waals surface area contributed by atoms with Crippen molar-refractivity contribution in [3.8, 4) is 0 Å². The van der Waals surface area contributed by atoms with Crippen LogP contribution in [0.1, 0.15) is 63.2 Å². The molecular weight excluding hydrogens is 278 g/mol. The molecule has 0 fully saturated rings. The molecule has 0 radical (unpaired) electrons. The van der Waals surface area contributed by atoms with Gasteiger partial charge in [0.15, 0.2) is 0 Å². The van der Waals surface area contributed by atoms with Gasteiger partial charge in [0.1, 0.15) is 0 Å². The molecule has 0 spiro atoms. The summed E-state index contributed by atoms with van der Waals surface area (Å²) in [7, 11) is 0. The number of anilines is 1. The van der Waals surface area contributed by atoms with Gasteiger partial charge in [-0.15, -0.1) is 0 Å². The summed E-state index contributed by atoms with van der Waals surface area (Å²) < 4.78 is 0. The van der Waals surface area contributed by atoms with Crippen molar-refractivity contribution in [2.24, 2.45) is 5.10 Å². The fourth-order valence-electron chi connectivity index (χ4n) is 1.85. The number of nitrogens with one attached hydrogen (secondary N) is 2. The Balaban J connectivity index is 2.55. The van der Waals surface area contributed by atoms with Gasteiger partial charge in [-0.05, 0) is 50.5 Å². The molecule has 0 unspecified atom stereocenters. The summed E-state index contributed by atoms with van der Waals surface area (Å²) in [6.45, 7) is 5.98. The number of benzene rings is 1. The van der Waals surface area contributed by atoms with Crippen molar-refractivity contribution in [3.63, 3.8) is 0 Å². The highest BCUT2D eigenvalue weighted by molar-refractivity contribution is 5.96. The van der Waals surface area contributed by atoms with E-state index in [4.69, 9.17) is 0 Å². The highest BCUT2D eigenvalue weighted by atomic mass is 16.2. The molecule has 5 nitrogen and oxygen atoms in total. The summed E-state index contributed by atoms with van der Waals surface area (Å²) in [5.41, 5.74) is 4.67. The topological polar surface area (TPSA) is 70.6 Å². The molecular formula is C17H25N3O2. The highest BCUT2D eigenvalue weighted by Gasteiger charge is 2.06. The van der Waals surface area contributed by atoms with E-state index in [2.05, 4.69) is 22.8 Å². The molecule has 0 aliphatic heterocycles. The number of carbonyl (C=O) groups is 2. The Bertz CT molecular complexity index is 521. The van der Waals surface area contributed by atoms with Crippen molar-refractivity contribution in [2.45, 2.75) is 52.9 Å². The molecule has 1 aromatic rings. The van der Waals surface area contributed by atoms with Gasteiger partial charge in [0, 0.05) is 23.4 Å². The molecule has 0 heterocycles. The third kappa shape index (κ3) is 6.52. The summed E-state index contributed by atoms with van der Waals surface area (Å²) >= 11 is 0. The minimum atomic E-state index is -0.248. The lowest BCUT2D eigenvalue weighted by molar-refractivity contribution is -0.116. The van der Waals surface area contributed by atoms with E-state index in [-0.39, 0.29) is 11.8 Å². The number of nitrogens with zero attached hydrogens (tertiary/aromatic N) is 1. The summed E-state index contributed by atoms with van der Waals surface area (Å²) in [6.07, 6.45) is 4.36. The molecule has 22 heavy (non-hydrogen) atoms. The zero-order chi connectivity index (χ0) is 16.4. The molecule has 120 valence electrons. The van der Waals surface area contributed by atoms with E-state index >= 15 is 0 Å². The molecule has 0 saturated carbocycles. The van der Waals surface area contributed by atoms with Gasteiger partial charge in [-0.3, -0.25) is 9.59 Å². The Kier molecular flexibility index (Phi) is 7.89. The van der Waals surface area contributed by atoms with E-state index in [9.17, 15) is 9.59 Å². The lowest BCUT2D eigenvalue weighted by Gasteiger charge is -2.06. The molecule has 0 aromatic heterocycles. The minimum absolute atomic E-state index is 0.0177. The molecule has 1 rings (SSSR count). The lowest BCUT2D eigenvalue weighted by atomic mass is 10.2. The fourth-order valence-corrected chi connectivity index (χ4v) is 1.85. The maximum absolute atomic E-state index is 12.0. The van der Waals surface area contributed by atoms with Crippen LogP contribution in [0.2, 0.25) is 0 Å². The smallest absolute Gasteiger partial charge is 0.271 e. The Morgan fingerprint density at radius 1 is 1.05 bits per heavy atom. The lowest BCUT2D eigenvalue weighted by Crippen LogP contribution is -2.19. The van der Waals surface area contributed by atoms with Crippen LogP contribution in [0.25, 0.3) is 0 Å². The van der Waals surface area contributed by atoms with Gasteiger partial charge >= 0.3 is 0 Å². The van der Waals surface area contributed by atoms with E-state index < -0.39 is 0 Å². The molecule has 0 atom stereocenters. The Labute approximate surface area is 132 Å². The summed E-state index contributed by atoms with van der Waals surface area (Å²) in [6, 6.07) is 6.79. The number of rotatable bonds is 8. The normalized spacial score (nSPS) is 11.1. The van der Waals surface area contributed by atoms with E-state index in [1.165, 1.54) is 0 Å². The van der Waals surface area contributed by atoms with Gasteiger partial charge in [-0.1, -0.05) is 20.3 Å². The van der Waals surface area contributed by atoms with Crippen LogP contribution < -0.4 is 10.7 Å². The molecule has 0 aliphatic rings. The van der Waals surface area contributed by atoms with E-state index in [1.54, 1.807) is 24.3 Å². The van der Waals surface area contributed by atoms with Gasteiger partial charge in [-0.2, -0.15) is 5.10 Å². The minimum Gasteiger partial charge on any atom is -0.326 e. The molecule has 0 aliphatic carbocycles. The second-order valence-corrected chi connectivity index (χ2v) is 5.27. The van der Waals surface area contributed by atoms with E-state index in [1.807, 2.05) is 13.8 Å². The summed E-state index contributed by atoms with van der Waals surface area (Å²) in [5, 5.41) is 6.86. The highest BCUT2D eigenvalue weighted by Crippen LogP contribution is 2.10. The van der Waals surface area contributed by atoms with Gasteiger partial charge in [0.25, 0.3) is 5.91 Å². The first-order chi connectivity index (χ1) is 10.6. The largest absolute Gasteiger partial charge is 0.326 e. The quantitative estimate of drug-likeness (QED) is 0.567. The van der Waals surface area contributed by atoms with Crippen LogP contribution in [0.5, 0.6) is 0 Å². The fraction of sp³-hybridized carbons (Fsp3) is 0.471. The van der Waals surface area contributed by atoms with Crippen LogP contribution in [-0.2, 0) is 4.79 Å². The molecule has 1 aromatic carbocycles. The van der Waals surface area contributed by atoms with E-state index in [0.29, 0.717) is 17.7 Å². The zero-order valence-electron chi connectivity index (χ0n) is 13.6. The average molecular weight is 303 g/mol. The van der Waals surface area contributed by atoms with Crippen molar-refractivity contribution in [1.29, 1.82) is 0 Å². The predicted molar refractivity (Wildman–Crippen MR) is 90.1 cm³/mol. The predicted octanol–water partition coefficient (Wildman–Crippen LogP) is 3.72. The van der Waals surface area contributed by atoms with Crippen molar-refractivity contribution in [2.75, 3.05) is 5.32 Å². The number of carbonyl (C=O) groups excluding carboxylic acids is 2. The van der Waals surface area contributed by atoms with Crippen LogP contribution in [0.4, 0.5) is 5.69 Å². The van der Waals surface area contributed by atoms with Crippen molar-refractivity contribution in [1.82, 2.24) is 5.43 Å². The summed E-state index contributed by atoms with van der Waals surface area (Å²) in [4.78, 5) is 23.4. The van der Waals surface area contributed by atoms with Crippen molar-refractivity contribution < 1.29 is 9.59 Å². The maximum Gasteiger partial charge on any atom is 0.271 e. The second-order valence-electron chi connectivity index (χ2n) is 5.27. The first-order valence-corrected chi connectivity index (χ1v) is 7.80. The number of hydrogen-bond donors (Lipinski definition) is 2. The van der Waals surface area contributed by atoms with E-state index in [0.717, 1.165) is 31.4 Å². The Morgan fingerprint density at radius 3 is 2.32 bits per heavy atom. The molecule has 0 bridgehead atoms. The van der Waals surface area contributed by atoms with Crippen LogP contribution in [0.15, 0.2) is 29.4 Å². The second kappa shape index (κ2) is 9.71. The van der Waals surface area contributed by atoms with Gasteiger partial charge in [0.2, 0.25) is 5.91 Å². The summed E-state index contributed by atoms with van der Waals surface area (Å²) in [5.74, 6) is -0.266. The molecule has 5 heteroatoms. The van der Waals surface area contributed by atoms with Gasteiger partial charge in [-0.25, -0.2) is 5.43 Å². The molecule has 2 N–H and O–H groups in total. The average Bonchev–Trinajstić information content (AvgIpc) is 2.51. The van der Waals surface area contributed by atoms with Gasteiger partial charge in [0.05, 0.1) is 0 Å². The SMILES string of the molecule is CCCC/C(C)=N/NC(=O)c1ccc(NC(=O)CCC)cc1. The number of hydrazone groups is 1. The number of unbranched alkanes of at least 4 members (excludes halogenated alkanes) is 1. The van der Waals surface area contributed by atoms with Crippen LogP contribution in [0.3, 0.4) is 0 Å². The van der Waals surface area contributed by atoms with Crippen LogP contribution >= 0.6 is 0 Å². The number of amides is 2.